The van der Waals surface area contributed by atoms with Crippen LogP contribution >= 0.6 is 11.3 Å². The van der Waals surface area contributed by atoms with Gasteiger partial charge in [0.1, 0.15) is 11.5 Å². The van der Waals surface area contributed by atoms with Crippen molar-refractivity contribution in [3.63, 3.8) is 0 Å². The second kappa shape index (κ2) is 7.74. The van der Waals surface area contributed by atoms with Crippen molar-refractivity contribution in [1.29, 1.82) is 0 Å². The molecule has 1 aliphatic rings. The van der Waals surface area contributed by atoms with Gasteiger partial charge in [0, 0.05) is 56.2 Å². The maximum absolute atomic E-state index is 12.5. The number of benzene rings is 1. The van der Waals surface area contributed by atoms with E-state index in [2.05, 4.69) is 9.88 Å². The molecule has 0 spiro atoms. The Balaban J connectivity index is 1.28. The molecule has 0 aliphatic carbocycles. The number of aromatic nitrogens is 1. The van der Waals surface area contributed by atoms with Gasteiger partial charge in [0.05, 0.1) is 0 Å². The Morgan fingerprint density at radius 3 is 2.62 bits per heavy atom. The first kappa shape index (κ1) is 16.8. The van der Waals surface area contributed by atoms with Gasteiger partial charge in [0.25, 0.3) is 0 Å². The SMILES string of the molecule is O=C(CCc1ccc(-c2ccccc2)o1)N1CCN(c2nccs2)CC1. The summed E-state index contributed by atoms with van der Waals surface area (Å²) in [5.74, 6) is 1.91. The van der Waals surface area contributed by atoms with Crippen LogP contribution in [0.1, 0.15) is 12.2 Å². The van der Waals surface area contributed by atoms with Gasteiger partial charge >= 0.3 is 0 Å². The van der Waals surface area contributed by atoms with Crippen LogP contribution in [0.2, 0.25) is 0 Å². The van der Waals surface area contributed by atoms with Crippen LogP contribution in [0.15, 0.2) is 58.5 Å². The molecular weight excluding hydrogens is 346 g/mol. The minimum atomic E-state index is 0.196. The number of anilines is 1. The van der Waals surface area contributed by atoms with E-state index in [-0.39, 0.29) is 5.91 Å². The number of carbonyl (C=O) groups excluding carboxylic acids is 1. The lowest BCUT2D eigenvalue weighted by atomic mass is 10.2. The number of rotatable bonds is 5. The molecule has 5 nitrogen and oxygen atoms in total. The molecule has 26 heavy (non-hydrogen) atoms. The predicted molar refractivity (Wildman–Crippen MR) is 103 cm³/mol. The number of nitrogens with zero attached hydrogens (tertiary/aromatic N) is 3. The largest absolute Gasteiger partial charge is 0.461 e. The summed E-state index contributed by atoms with van der Waals surface area (Å²) >= 11 is 1.65. The normalized spacial score (nSPS) is 14.6. The summed E-state index contributed by atoms with van der Waals surface area (Å²) in [5.41, 5.74) is 1.06. The average molecular weight is 367 g/mol. The fourth-order valence-corrected chi connectivity index (χ4v) is 3.87. The van der Waals surface area contributed by atoms with E-state index in [4.69, 9.17) is 4.42 Å². The Morgan fingerprint density at radius 1 is 1.08 bits per heavy atom. The Bertz CT molecular complexity index is 837. The van der Waals surface area contributed by atoms with Crippen molar-refractivity contribution in [2.45, 2.75) is 12.8 Å². The molecule has 4 rings (SSSR count). The van der Waals surface area contributed by atoms with Gasteiger partial charge in [-0.05, 0) is 12.1 Å². The fourth-order valence-electron chi connectivity index (χ4n) is 3.18. The fraction of sp³-hybridized carbons (Fsp3) is 0.300. The molecule has 6 heteroatoms. The molecule has 0 unspecified atom stereocenters. The molecule has 0 saturated carbocycles. The Hall–Kier alpha value is -2.60. The molecule has 3 aromatic rings. The minimum Gasteiger partial charge on any atom is -0.461 e. The molecule has 134 valence electrons. The average Bonchev–Trinajstić information content (AvgIpc) is 3.39. The molecule has 1 fully saturated rings. The Labute approximate surface area is 156 Å². The first-order valence-corrected chi connectivity index (χ1v) is 9.74. The summed E-state index contributed by atoms with van der Waals surface area (Å²) in [6.07, 6.45) is 2.95. The van der Waals surface area contributed by atoms with Gasteiger partial charge in [-0.25, -0.2) is 4.98 Å². The van der Waals surface area contributed by atoms with Gasteiger partial charge in [-0.2, -0.15) is 0 Å². The van der Waals surface area contributed by atoms with Crippen LogP contribution < -0.4 is 4.90 Å². The van der Waals surface area contributed by atoms with Gasteiger partial charge in [0.15, 0.2) is 5.13 Å². The van der Waals surface area contributed by atoms with E-state index in [1.807, 2.05) is 58.9 Å². The zero-order chi connectivity index (χ0) is 17.8. The van der Waals surface area contributed by atoms with Crippen molar-refractivity contribution < 1.29 is 9.21 Å². The van der Waals surface area contributed by atoms with Gasteiger partial charge in [-0.3, -0.25) is 4.79 Å². The first-order chi connectivity index (χ1) is 12.8. The zero-order valence-electron chi connectivity index (χ0n) is 14.5. The van der Waals surface area contributed by atoms with Crippen molar-refractivity contribution in [2.75, 3.05) is 31.1 Å². The van der Waals surface area contributed by atoms with E-state index >= 15 is 0 Å². The van der Waals surface area contributed by atoms with Crippen LogP contribution in [-0.4, -0.2) is 42.0 Å². The summed E-state index contributed by atoms with van der Waals surface area (Å²) in [6.45, 7) is 3.20. The van der Waals surface area contributed by atoms with Crippen LogP contribution in [0, 0.1) is 0 Å². The van der Waals surface area contributed by atoms with E-state index in [1.165, 1.54) is 0 Å². The van der Waals surface area contributed by atoms with Crippen molar-refractivity contribution in [3.05, 3.63) is 59.8 Å². The molecule has 1 aromatic carbocycles. The van der Waals surface area contributed by atoms with Crippen molar-refractivity contribution in [1.82, 2.24) is 9.88 Å². The topological polar surface area (TPSA) is 49.6 Å². The lowest BCUT2D eigenvalue weighted by Gasteiger charge is -2.34. The number of hydrogen-bond donors (Lipinski definition) is 0. The van der Waals surface area contributed by atoms with Crippen LogP contribution in [-0.2, 0) is 11.2 Å². The molecule has 1 saturated heterocycles. The predicted octanol–water partition coefficient (Wildman–Crippen LogP) is 3.68. The van der Waals surface area contributed by atoms with E-state index < -0.39 is 0 Å². The third-order valence-electron chi connectivity index (χ3n) is 4.63. The second-order valence-corrected chi connectivity index (χ2v) is 7.19. The summed E-state index contributed by atoms with van der Waals surface area (Å²) < 4.78 is 5.89. The quantitative estimate of drug-likeness (QED) is 0.690. The number of thiazole rings is 1. The molecule has 1 aliphatic heterocycles. The van der Waals surface area contributed by atoms with Gasteiger partial charge < -0.3 is 14.2 Å². The standard InChI is InChI=1S/C20H21N3O2S/c24-19(22-11-13-23(14-12-22)20-21-10-15-26-20)9-7-17-6-8-18(25-17)16-4-2-1-3-5-16/h1-6,8,10,15H,7,9,11-14H2. The first-order valence-electron chi connectivity index (χ1n) is 8.86. The van der Waals surface area contributed by atoms with E-state index in [0.29, 0.717) is 12.8 Å². The van der Waals surface area contributed by atoms with Gasteiger partial charge in [0.2, 0.25) is 5.91 Å². The maximum atomic E-state index is 12.5. The van der Waals surface area contributed by atoms with Gasteiger partial charge in [-0.15, -0.1) is 11.3 Å². The third kappa shape index (κ3) is 3.80. The Morgan fingerprint density at radius 2 is 1.88 bits per heavy atom. The highest BCUT2D eigenvalue weighted by molar-refractivity contribution is 7.13. The smallest absolute Gasteiger partial charge is 0.223 e. The van der Waals surface area contributed by atoms with Crippen LogP contribution in [0.25, 0.3) is 11.3 Å². The van der Waals surface area contributed by atoms with Crippen LogP contribution in [0.5, 0.6) is 0 Å². The lowest BCUT2D eigenvalue weighted by molar-refractivity contribution is -0.131. The number of amides is 1. The summed E-state index contributed by atoms with van der Waals surface area (Å²) in [6, 6.07) is 14.0. The summed E-state index contributed by atoms with van der Waals surface area (Å²) in [5, 5.41) is 3.03. The third-order valence-corrected chi connectivity index (χ3v) is 5.46. The van der Waals surface area contributed by atoms with E-state index in [1.54, 1.807) is 11.3 Å². The summed E-state index contributed by atoms with van der Waals surface area (Å²) in [7, 11) is 0. The van der Waals surface area contributed by atoms with E-state index in [0.717, 1.165) is 48.4 Å². The number of carbonyl (C=O) groups is 1. The second-order valence-electron chi connectivity index (χ2n) is 6.31. The molecule has 0 bridgehead atoms. The molecule has 0 radical (unpaired) electrons. The highest BCUT2D eigenvalue weighted by Gasteiger charge is 2.22. The molecule has 0 atom stereocenters. The number of piperazine rings is 1. The van der Waals surface area contributed by atoms with Gasteiger partial charge in [-0.1, -0.05) is 30.3 Å². The Kier molecular flexibility index (Phi) is 5.02. The number of aryl methyl sites for hydroxylation is 1. The highest BCUT2D eigenvalue weighted by Crippen LogP contribution is 2.23. The molecule has 3 heterocycles. The molecule has 1 amide bonds. The van der Waals surface area contributed by atoms with Crippen LogP contribution in [0.4, 0.5) is 5.13 Å². The van der Waals surface area contributed by atoms with Crippen LogP contribution in [0.3, 0.4) is 0 Å². The molecule has 0 N–H and O–H groups in total. The van der Waals surface area contributed by atoms with Crippen molar-refractivity contribution >= 4 is 22.4 Å². The molecular formula is C20H21N3O2S. The number of hydrogen-bond acceptors (Lipinski definition) is 5. The minimum absolute atomic E-state index is 0.196. The van der Waals surface area contributed by atoms with E-state index in [9.17, 15) is 4.79 Å². The van der Waals surface area contributed by atoms with Crippen molar-refractivity contribution in [2.24, 2.45) is 0 Å². The maximum Gasteiger partial charge on any atom is 0.223 e. The summed E-state index contributed by atoms with van der Waals surface area (Å²) in [4.78, 5) is 21.0. The highest BCUT2D eigenvalue weighted by atomic mass is 32.1. The lowest BCUT2D eigenvalue weighted by Crippen LogP contribution is -2.48. The number of furan rings is 1. The zero-order valence-corrected chi connectivity index (χ0v) is 15.3. The monoisotopic (exact) mass is 367 g/mol. The van der Waals surface area contributed by atoms with Crippen molar-refractivity contribution in [3.8, 4) is 11.3 Å². The molecule has 2 aromatic heterocycles.